The highest BCUT2D eigenvalue weighted by Gasteiger charge is 2.35. The van der Waals surface area contributed by atoms with Crippen LogP contribution in [0.1, 0.15) is 45.4 Å². The highest BCUT2D eigenvalue weighted by molar-refractivity contribution is 5.82. The number of amides is 2. The zero-order chi connectivity index (χ0) is 14.5. The first-order chi connectivity index (χ1) is 9.61. The van der Waals surface area contributed by atoms with Crippen LogP contribution in [0.3, 0.4) is 0 Å². The fraction of sp³-hybridized carbons (Fsp3) is 0.867. The van der Waals surface area contributed by atoms with Gasteiger partial charge in [-0.25, -0.2) is 0 Å². The molecule has 1 saturated heterocycles. The lowest BCUT2D eigenvalue weighted by Gasteiger charge is -2.31. The number of hydrogen-bond donors (Lipinski definition) is 2. The summed E-state index contributed by atoms with van der Waals surface area (Å²) >= 11 is 0. The smallest absolute Gasteiger partial charge is 0.225 e. The van der Waals surface area contributed by atoms with E-state index in [-0.39, 0.29) is 23.7 Å². The van der Waals surface area contributed by atoms with Crippen LogP contribution in [0.2, 0.25) is 0 Å². The maximum absolute atomic E-state index is 12.0. The van der Waals surface area contributed by atoms with Crippen LogP contribution >= 0.6 is 0 Å². The molecule has 1 aliphatic carbocycles. The first kappa shape index (κ1) is 15.3. The van der Waals surface area contributed by atoms with E-state index in [2.05, 4.69) is 5.32 Å². The van der Waals surface area contributed by atoms with Crippen LogP contribution in [-0.2, 0) is 9.59 Å². The topological polar surface area (TPSA) is 69.6 Å². The Labute approximate surface area is 120 Å². The predicted octanol–water partition coefficient (Wildman–Crippen LogP) is 0.912. The Balaban J connectivity index is 1.67. The first-order valence-corrected chi connectivity index (χ1v) is 7.86. The molecule has 2 fully saturated rings. The van der Waals surface area contributed by atoms with E-state index >= 15 is 0 Å². The van der Waals surface area contributed by atoms with Gasteiger partial charge in [0, 0.05) is 31.5 Å². The van der Waals surface area contributed by atoms with Crippen LogP contribution in [0.4, 0.5) is 0 Å². The summed E-state index contributed by atoms with van der Waals surface area (Å²) in [7, 11) is 0. The Morgan fingerprint density at radius 3 is 2.40 bits per heavy atom. The zero-order valence-electron chi connectivity index (χ0n) is 12.3. The van der Waals surface area contributed by atoms with Gasteiger partial charge in [-0.1, -0.05) is 13.3 Å². The average Bonchev–Trinajstić information content (AvgIpc) is 3.29. The van der Waals surface area contributed by atoms with Gasteiger partial charge in [0.25, 0.3) is 0 Å². The fourth-order valence-corrected chi connectivity index (χ4v) is 2.75. The Hall–Kier alpha value is -1.10. The van der Waals surface area contributed by atoms with Crippen molar-refractivity contribution in [2.75, 3.05) is 19.6 Å². The third-order valence-electron chi connectivity index (χ3n) is 4.24. The van der Waals surface area contributed by atoms with E-state index in [4.69, 9.17) is 0 Å². The third kappa shape index (κ3) is 4.20. The molecule has 1 heterocycles. The van der Waals surface area contributed by atoms with Crippen LogP contribution in [0, 0.1) is 11.8 Å². The Morgan fingerprint density at radius 1 is 1.20 bits per heavy atom. The van der Waals surface area contributed by atoms with Crippen LogP contribution in [-0.4, -0.2) is 47.6 Å². The summed E-state index contributed by atoms with van der Waals surface area (Å²) in [6.07, 6.45) is 4.75. The number of likely N-dealkylation sites (tertiary alicyclic amines) is 1. The van der Waals surface area contributed by atoms with Gasteiger partial charge in [-0.15, -0.1) is 0 Å². The average molecular weight is 282 g/mol. The molecule has 1 unspecified atom stereocenters. The third-order valence-corrected chi connectivity index (χ3v) is 4.24. The Bertz CT molecular complexity index is 347. The highest BCUT2D eigenvalue weighted by Crippen LogP contribution is 2.32. The van der Waals surface area contributed by atoms with Gasteiger partial charge >= 0.3 is 0 Å². The summed E-state index contributed by atoms with van der Waals surface area (Å²) in [5.74, 6) is 0.567. The number of piperidine rings is 1. The van der Waals surface area contributed by atoms with Gasteiger partial charge in [-0.05, 0) is 32.1 Å². The molecular formula is C15H26N2O3. The molecule has 1 atom stereocenters. The van der Waals surface area contributed by atoms with E-state index in [1.54, 1.807) is 0 Å². The monoisotopic (exact) mass is 282 g/mol. The van der Waals surface area contributed by atoms with Crippen LogP contribution < -0.4 is 5.32 Å². The van der Waals surface area contributed by atoms with E-state index in [0.717, 1.165) is 32.1 Å². The summed E-state index contributed by atoms with van der Waals surface area (Å²) in [5, 5.41) is 12.4. The molecule has 0 aromatic heterocycles. The van der Waals surface area contributed by atoms with Gasteiger partial charge in [0.05, 0.1) is 6.10 Å². The lowest BCUT2D eigenvalue weighted by atomic mass is 9.95. The summed E-state index contributed by atoms with van der Waals surface area (Å²) < 4.78 is 0. The second-order valence-corrected chi connectivity index (χ2v) is 6.06. The van der Waals surface area contributed by atoms with Crippen molar-refractivity contribution in [1.29, 1.82) is 0 Å². The number of nitrogens with one attached hydrogen (secondary N) is 1. The minimum absolute atomic E-state index is 0.00733. The van der Waals surface area contributed by atoms with Crippen molar-refractivity contribution in [3.05, 3.63) is 0 Å². The van der Waals surface area contributed by atoms with E-state index in [0.29, 0.717) is 26.1 Å². The summed E-state index contributed by atoms with van der Waals surface area (Å²) in [4.78, 5) is 25.8. The number of nitrogens with zero attached hydrogens (tertiary/aromatic N) is 1. The van der Waals surface area contributed by atoms with Crippen LogP contribution in [0.15, 0.2) is 0 Å². The molecule has 2 amide bonds. The van der Waals surface area contributed by atoms with E-state index < -0.39 is 6.10 Å². The second kappa shape index (κ2) is 7.07. The van der Waals surface area contributed by atoms with Crippen molar-refractivity contribution in [3.63, 3.8) is 0 Å². The van der Waals surface area contributed by atoms with Crippen molar-refractivity contribution in [2.45, 2.75) is 51.6 Å². The number of carbonyl (C=O) groups excluding carboxylic acids is 2. The predicted molar refractivity (Wildman–Crippen MR) is 76.0 cm³/mol. The number of hydrogen-bond acceptors (Lipinski definition) is 3. The molecule has 1 aliphatic heterocycles. The molecule has 0 bridgehead atoms. The quantitative estimate of drug-likeness (QED) is 0.761. The van der Waals surface area contributed by atoms with Crippen molar-refractivity contribution in [1.82, 2.24) is 10.2 Å². The van der Waals surface area contributed by atoms with Crippen LogP contribution in [0.5, 0.6) is 0 Å². The van der Waals surface area contributed by atoms with Crippen molar-refractivity contribution in [2.24, 2.45) is 11.8 Å². The Kier molecular flexibility index (Phi) is 5.40. The molecule has 2 rings (SSSR count). The summed E-state index contributed by atoms with van der Waals surface area (Å²) in [6, 6.07) is 0. The minimum Gasteiger partial charge on any atom is -0.391 e. The molecular weight excluding hydrogens is 256 g/mol. The standard InChI is InChI=1S/C15H26N2O3/c1-2-3-13(18)10-16-14(19)11-6-8-17(9-7-11)15(20)12-4-5-12/h11-13,18H,2-10H2,1H3,(H,16,19). The molecule has 2 aliphatic rings. The largest absolute Gasteiger partial charge is 0.391 e. The van der Waals surface area contributed by atoms with Gasteiger partial charge in [0.2, 0.25) is 11.8 Å². The molecule has 2 N–H and O–H groups in total. The molecule has 114 valence electrons. The number of aliphatic hydroxyl groups excluding tert-OH is 1. The van der Waals surface area contributed by atoms with E-state index in [1.807, 2.05) is 11.8 Å². The molecule has 5 nitrogen and oxygen atoms in total. The van der Waals surface area contributed by atoms with Gasteiger partial charge in [0.15, 0.2) is 0 Å². The maximum Gasteiger partial charge on any atom is 0.225 e. The first-order valence-electron chi connectivity index (χ1n) is 7.86. The normalized spacial score (nSPS) is 21.6. The van der Waals surface area contributed by atoms with Gasteiger partial charge < -0.3 is 15.3 Å². The minimum atomic E-state index is -0.444. The molecule has 0 aromatic rings. The van der Waals surface area contributed by atoms with Crippen LogP contribution in [0.25, 0.3) is 0 Å². The second-order valence-electron chi connectivity index (χ2n) is 6.06. The molecule has 0 aromatic carbocycles. The SMILES string of the molecule is CCCC(O)CNC(=O)C1CCN(C(=O)C2CC2)CC1. The van der Waals surface area contributed by atoms with Crippen molar-refractivity contribution < 1.29 is 14.7 Å². The maximum atomic E-state index is 12.0. The van der Waals surface area contributed by atoms with Crippen molar-refractivity contribution >= 4 is 11.8 Å². The Morgan fingerprint density at radius 2 is 1.85 bits per heavy atom. The van der Waals surface area contributed by atoms with E-state index in [1.165, 1.54) is 0 Å². The zero-order valence-corrected chi connectivity index (χ0v) is 12.3. The van der Waals surface area contributed by atoms with Gasteiger partial charge in [0.1, 0.15) is 0 Å². The number of aliphatic hydroxyl groups is 1. The number of carbonyl (C=O) groups is 2. The highest BCUT2D eigenvalue weighted by atomic mass is 16.3. The molecule has 0 spiro atoms. The van der Waals surface area contributed by atoms with E-state index in [9.17, 15) is 14.7 Å². The summed E-state index contributed by atoms with van der Waals surface area (Å²) in [6.45, 7) is 3.75. The summed E-state index contributed by atoms with van der Waals surface area (Å²) in [5.41, 5.74) is 0. The molecule has 0 radical (unpaired) electrons. The number of rotatable bonds is 6. The van der Waals surface area contributed by atoms with Gasteiger partial charge in [-0.2, -0.15) is 0 Å². The van der Waals surface area contributed by atoms with Gasteiger partial charge in [-0.3, -0.25) is 9.59 Å². The molecule has 5 heteroatoms. The lowest BCUT2D eigenvalue weighted by molar-refractivity contribution is -0.136. The molecule has 1 saturated carbocycles. The lowest BCUT2D eigenvalue weighted by Crippen LogP contribution is -2.44. The fourth-order valence-electron chi connectivity index (χ4n) is 2.75. The molecule has 20 heavy (non-hydrogen) atoms. The van der Waals surface area contributed by atoms with Crippen molar-refractivity contribution in [3.8, 4) is 0 Å².